The first-order valence-corrected chi connectivity index (χ1v) is 11.1. The lowest BCUT2D eigenvalue weighted by atomic mass is 10.1. The van der Waals surface area contributed by atoms with E-state index < -0.39 is 0 Å². The normalized spacial score (nSPS) is 11.8. The van der Waals surface area contributed by atoms with E-state index in [0.717, 1.165) is 15.4 Å². The maximum absolute atomic E-state index is 13.0. The van der Waals surface area contributed by atoms with E-state index in [1.807, 2.05) is 53.2 Å². The smallest absolute Gasteiger partial charge is 0.226 e. The number of halogens is 1. The molecule has 1 amide bonds. The van der Waals surface area contributed by atoms with Crippen molar-refractivity contribution in [1.82, 2.24) is 10.3 Å². The van der Waals surface area contributed by atoms with Gasteiger partial charge in [0.2, 0.25) is 5.91 Å². The van der Waals surface area contributed by atoms with Crippen LogP contribution >= 0.6 is 22.7 Å². The maximum atomic E-state index is 13.0. The Bertz CT molecular complexity index is 1080. The molecule has 2 aromatic carbocycles. The number of carbonyl (C=O) groups excluding carboxylic acids is 1. The molecular weight excluding hydrogens is 419 g/mol. The van der Waals surface area contributed by atoms with Gasteiger partial charge in [0.25, 0.3) is 0 Å². The fourth-order valence-corrected chi connectivity index (χ4v) is 4.48. The molecule has 1 unspecified atom stereocenters. The van der Waals surface area contributed by atoms with Crippen molar-refractivity contribution in [2.45, 2.75) is 19.1 Å². The molecule has 0 aliphatic carbocycles. The average Bonchev–Trinajstić information content (AvgIpc) is 3.45. The second-order valence-corrected chi connectivity index (χ2v) is 8.50. The molecule has 0 saturated heterocycles. The molecule has 7 heteroatoms. The van der Waals surface area contributed by atoms with Gasteiger partial charge in [-0.3, -0.25) is 4.79 Å². The van der Waals surface area contributed by atoms with E-state index >= 15 is 0 Å². The quantitative estimate of drug-likeness (QED) is 0.402. The average molecular weight is 439 g/mol. The SMILES string of the molecule is O=C(Cc1csc(COc2ccc(F)cc2)n1)NC(c1ccccc1)c1cccs1. The molecular formula is C23H19FN2O2S2. The highest BCUT2D eigenvalue weighted by Crippen LogP contribution is 2.26. The summed E-state index contributed by atoms with van der Waals surface area (Å²) in [7, 11) is 0. The molecule has 152 valence electrons. The Kier molecular flexibility index (Phi) is 6.51. The van der Waals surface area contributed by atoms with Gasteiger partial charge in [0.05, 0.1) is 18.2 Å². The molecule has 2 heterocycles. The van der Waals surface area contributed by atoms with Crippen LogP contribution in [0.3, 0.4) is 0 Å². The number of carbonyl (C=O) groups is 1. The highest BCUT2D eigenvalue weighted by Gasteiger charge is 2.18. The molecule has 1 N–H and O–H groups in total. The van der Waals surface area contributed by atoms with Crippen molar-refractivity contribution in [3.05, 3.63) is 104 Å². The Balaban J connectivity index is 1.37. The third-order valence-electron chi connectivity index (χ3n) is 4.38. The van der Waals surface area contributed by atoms with Gasteiger partial charge in [-0.25, -0.2) is 9.37 Å². The van der Waals surface area contributed by atoms with E-state index in [1.165, 1.54) is 23.5 Å². The fourth-order valence-electron chi connectivity index (χ4n) is 2.97. The standard InChI is InChI=1S/C23H19FN2O2S2/c24-17-8-10-19(11-9-17)28-14-22-25-18(15-30-22)13-21(27)26-23(20-7-4-12-29-20)16-5-2-1-3-6-16/h1-12,15,23H,13-14H2,(H,26,27). The zero-order valence-electron chi connectivity index (χ0n) is 16.0. The van der Waals surface area contributed by atoms with Crippen LogP contribution in [-0.2, 0) is 17.8 Å². The van der Waals surface area contributed by atoms with Gasteiger partial charge in [-0.2, -0.15) is 0 Å². The molecule has 0 bridgehead atoms. The van der Waals surface area contributed by atoms with E-state index in [9.17, 15) is 9.18 Å². The first-order chi connectivity index (χ1) is 14.7. The van der Waals surface area contributed by atoms with Crippen LogP contribution in [0.25, 0.3) is 0 Å². The Hall–Kier alpha value is -3.03. The van der Waals surface area contributed by atoms with Crippen LogP contribution in [0.4, 0.5) is 4.39 Å². The number of nitrogens with one attached hydrogen (secondary N) is 1. The molecule has 4 aromatic rings. The largest absolute Gasteiger partial charge is 0.486 e. The highest BCUT2D eigenvalue weighted by atomic mass is 32.1. The molecule has 4 nitrogen and oxygen atoms in total. The highest BCUT2D eigenvalue weighted by molar-refractivity contribution is 7.10. The van der Waals surface area contributed by atoms with Crippen molar-refractivity contribution >= 4 is 28.6 Å². The number of ether oxygens (including phenoxy) is 1. The number of nitrogens with zero attached hydrogens (tertiary/aromatic N) is 1. The van der Waals surface area contributed by atoms with Gasteiger partial charge >= 0.3 is 0 Å². The molecule has 2 aromatic heterocycles. The number of thiazole rings is 1. The first kappa shape index (κ1) is 20.3. The monoisotopic (exact) mass is 438 g/mol. The second kappa shape index (κ2) is 9.65. The van der Waals surface area contributed by atoms with Crippen molar-refractivity contribution in [3.8, 4) is 5.75 Å². The molecule has 0 aliphatic heterocycles. The van der Waals surface area contributed by atoms with E-state index in [1.54, 1.807) is 23.5 Å². The summed E-state index contributed by atoms with van der Waals surface area (Å²) in [5.41, 5.74) is 1.74. The third-order valence-corrected chi connectivity index (χ3v) is 6.19. The van der Waals surface area contributed by atoms with Crippen LogP contribution in [0.15, 0.2) is 77.5 Å². The zero-order valence-corrected chi connectivity index (χ0v) is 17.6. The third kappa shape index (κ3) is 5.31. The predicted octanol–water partition coefficient (Wildman–Crippen LogP) is 5.37. The van der Waals surface area contributed by atoms with Crippen molar-refractivity contribution in [3.63, 3.8) is 0 Å². The summed E-state index contributed by atoms with van der Waals surface area (Å²) in [6.07, 6.45) is 0.196. The van der Waals surface area contributed by atoms with Crippen molar-refractivity contribution in [2.75, 3.05) is 0 Å². The molecule has 0 aliphatic rings. The summed E-state index contributed by atoms with van der Waals surface area (Å²) in [6.45, 7) is 0.278. The van der Waals surface area contributed by atoms with Crippen molar-refractivity contribution < 1.29 is 13.9 Å². The van der Waals surface area contributed by atoms with Crippen LogP contribution in [0, 0.1) is 5.82 Å². The zero-order chi connectivity index (χ0) is 20.8. The molecule has 0 saturated carbocycles. The fraction of sp³-hybridized carbons (Fsp3) is 0.130. The molecule has 4 rings (SSSR count). The topological polar surface area (TPSA) is 51.2 Å². The molecule has 0 spiro atoms. The van der Waals surface area contributed by atoms with Crippen LogP contribution in [0.1, 0.15) is 27.2 Å². The molecule has 0 radical (unpaired) electrons. The minimum atomic E-state index is -0.304. The van der Waals surface area contributed by atoms with Gasteiger partial charge in [-0.1, -0.05) is 36.4 Å². The Morgan fingerprint density at radius 1 is 1.03 bits per heavy atom. The summed E-state index contributed by atoms with van der Waals surface area (Å²) in [5.74, 6) is 0.183. The lowest BCUT2D eigenvalue weighted by Crippen LogP contribution is -2.30. The van der Waals surface area contributed by atoms with Gasteiger partial charge in [0.15, 0.2) is 0 Å². The van der Waals surface area contributed by atoms with Gasteiger partial charge in [-0.05, 0) is 41.3 Å². The van der Waals surface area contributed by atoms with Crippen LogP contribution < -0.4 is 10.1 Å². The summed E-state index contributed by atoms with van der Waals surface area (Å²) < 4.78 is 18.6. The lowest BCUT2D eigenvalue weighted by molar-refractivity contribution is -0.121. The van der Waals surface area contributed by atoms with Crippen LogP contribution in [-0.4, -0.2) is 10.9 Å². The number of thiophene rings is 1. The van der Waals surface area contributed by atoms with Crippen molar-refractivity contribution in [1.29, 1.82) is 0 Å². The van der Waals surface area contributed by atoms with E-state index in [0.29, 0.717) is 11.4 Å². The molecule has 30 heavy (non-hydrogen) atoms. The summed E-state index contributed by atoms with van der Waals surface area (Å²) in [6, 6.07) is 19.6. The summed E-state index contributed by atoms with van der Waals surface area (Å²) >= 11 is 3.05. The van der Waals surface area contributed by atoms with E-state index in [2.05, 4.69) is 10.3 Å². The number of hydrogen-bond acceptors (Lipinski definition) is 5. The number of aromatic nitrogens is 1. The predicted molar refractivity (Wildman–Crippen MR) is 117 cm³/mol. The lowest BCUT2D eigenvalue weighted by Gasteiger charge is -2.18. The molecule has 0 fully saturated rings. The number of benzene rings is 2. The Labute approximate surface area is 182 Å². The number of amides is 1. The number of rotatable bonds is 8. The minimum Gasteiger partial charge on any atom is -0.486 e. The van der Waals surface area contributed by atoms with Gasteiger partial charge in [0, 0.05) is 10.3 Å². The van der Waals surface area contributed by atoms with Gasteiger partial charge in [-0.15, -0.1) is 22.7 Å². The van der Waals surface area contributed by atoms with Gasteiger partial charge < -0.3 is 10.1 Å². The summed E-state index contributed by atoms with van der Waals surface area (Å²) in [4.78, 5) is 18.3. The van der Waals surface area contributed by atoms with E-state index in [-0.39, 0.29) is 30.8 Å². The van der Waals surface area contributed by atoms with E-state index in [4.69, 9.17) is 4.74 Å². The van der Waals surface area contributed by atoms with Crippen molar-refractivity contribution in [2.24, 2.45) is 0 Å². The number of hydrogen-bond donors (Lipinski definition) is 1. The van der Waals surface area contributed by atoms with Gasteiger partial charge in [0.1, 0.15) is 23.2 Å². The maximum Gasteiger partial charge on any atom is 0.226 e. The Morgan fingerprint density at radius 2 is 1.83 bits per heavy atom. The Morgan fingerprint density at radius 3 is 2.57 bits per heavy atom. The van der Waals surface area contributed by atoms with Crippen LogP contribution in [0.5, 0.6) is 5.75 Å². The first-order valence-electron chi connectivity index (χ1n) is 9.37. The second-order valence-electron chi connectivity index (χ2n) is 6.58. The van der Waals surface area contributed by atoms with Crippen LogP contribution in [0.2, 0.25) is 0 Å². The minimum absolute atomic E-state index is 0.0893. The molecule has 1 atom stereocenters. The summed E-state index contributed by atoms with van der Waals surface area (Å²) in [5, 5.41) is 7.76.